The molecule has 1 spiro atoms. The van der Waals surface area contributed by atoms with Gasteiger partial charge in [-0.05, 0) is 62.9 Å². The van der Waals surface area contributed by atoms with Crippen LogP contribution in [-0.2, 0) is 24.7 Å². The van der Waals surface area contributed by atoms with Crippen LogP contribution in [0.2, 0.25) is 5.02 Å². The molecule has 14 heteroatoms. The fourth-order valence-corrected chi connectivity index (χ4v) is 6.57. The summed E-state index contributed by atoms with van der Waals surface area (Å²) in [7, 11) is 1.26. The van der Waals surface area contributed by atoms with Gasteiger partial charge in [0.05, 0.1) is 47.2 Å². The predicted octanol–water partition coefficient (Wildman–Crippen LogP) is 6.03. The number of rotatable bonds is 2. The molecule has 2 atom stereocenters. The number of methoxy groups -OCH3 is 1. The zero-order valence-corrected chi connectivity index (χ0v) is 25.5. The van der Waals surface area contributed by atoms with Crippen molar-refractivity contribution in [1.29, 1.82) is 0 Å². The predicted molar refractivity (Wildman–Crippen MR) is 164 cm³/mol. The van der Waals surface area contributed by atoms with Crippen LogP contribution in [0.15, 0.2) is 30.3 Å². The van der Waals surface area contributed by atoms with Crippen molar-refractivity contribution in [2.75, 3.05) is 36.1 Å². The Labute approximate surface area is 263 Å². The van der Waals surface area contributed by atoms with E-state index in [1.54, 1.807) is 23.1 Å². The maximum absolute atomic E-state index is 15.4. The number of aryl methyl sites for hydroxylation is 1. The maximum Gasteiger partial charge on any atom is 0.412 e. The topological polar surface area (TPSA) is 155 Å². The minimum Gasteiger partial charge on any atom is -0.453 e. The lowest BCUT2D eigenvalue weighted by molar-refractivity contribution is -0.141. The molecule has 2 aromatic carbocycles. The second-order valence-corrected chi connectivity index (χ2v) is 11.9. The van der Waals surface area contributed by atoms with Crippen LogP contribution in [0.4, 0.5) is 31.0 Å². The molecule has 0 unspecified atom stereocenters. The summed E-state index contributed by atoms with van der Waals surface area (Å²) in [5.41, 5.74) is 1.69. The molecule has 3 aliphatic rings. The number of imidazole rings is 1. The van der Waals surface area contributed by atoms with Gasteiger partial charge < -0.3 is 24.7 Å². The average molecular weight is 639 g/mol. The van der Waals surface area contributed by atoms with Crippen molar-refractivity contribution in [2.24, 2.45) is 0 Å². The molecule has 4 N–H and O–H groups in total. The molecule has 3 aromatic rings. The molecule has 6 rings (SSSR count). The van der Waals surface area contributed by atoms with Crippen LogP contribution in [0, 0.1) is 12.7 Å². The zero-order valence-electron chi connectivity index (χ0n) is 24.7. The van der Waals surface area contributed by atoms with Crippen molar-refractivity contribution < 1.29 is 33.0 Å². The first-order chi connectivity index (χ1) is 21.6. The second-order valence-electron chi connectivity index (χ2n) is 11.5. The van der Waals surface area contributed by atoms with Crippen LogP contribution in [0.1, 0.15) is 61.5 Å². The number of carbonyl (C=O) groups excluding carboxylic acids is 4. The third kappa shape index (κ3) is 5.79. The van der Waals surface area contributed by atoms with Crippen molar-refractivity contribution >= 4 is 52.7 Å². The van der Waals surface area contributed by atoms with Crippen molar-refractivity contribution in [3.63, 3.8) is 0 Å². The highest BCUT2D eigenvalue weighted by molar-refractivity contribution is 6.31. The number of carbonyl (C=O) groups is 4. The van der Waals surface area contributed by atoms with E-state index in [0.717, 1.165) is 0 Å². The SMILES string of the molecule is COC(=O)Nc1ccc2c(c1)NC(=O)CCCC[C@H](C(=O)N1CCC[C@@]3(C1)OC(=O)Nc1ccc(Cl)c(F)c13)c1nc-2c(C)[nH]1. The lowest BCUT2D eigenvalue weighted by atomic mass is 9.82. The fourth-order valence-electron chi connectivity index (χ4n) is 6.42. The molecule has 2 bridgehead atoms. The first-order valence-electron chi connectivity index (χ1n) is 14.7. The second kappa shape index (κ2) is 12.0. The molecule has 1 aromatic heterocycles. The normalized spacial score (nSPS) is 21.2. The van der Waals surface area contributed by atoms with Gasteiger partial charge in [0.1, 0.15) is 5.82 Å². The summed E-state index contributed by atoms with van der Waals surface area (Å²) in [5, 5.41) is 7.97. The number of amides is 4. The van der Waals surface area contributed by atoms with Gasteiger partial charge in [-0.2, -0.15) is 0 Å². The number of ether oxygens (including phenoxy) is 2. The van der Waals surface area contributed by atoms with Gasteiger partial charge in [0.2, 0.25) is 11.8 Å². The van der Waals surface area contributed by atoms with Crippen LogP contribution >= 0.6 is 11.6 Å². The highest BCUT2D eigenvalue weighted by Crippen LogP contribution is 2.46. The Bertz CT molecular complexity index is 1710. The van der Waals surface area contributed by atoms with E-state index in [4.69, 9.17) is 21.3 Å². The lowest BCUT2D eigenvalue weighted by Crippen LogP contribution is -2.54. The van der Waals surface area contributed by atoms with Gasteiger partial charge in [0.25, 0.3) is 0 Å². The smallest absolute Gasteiger partial charge is 0.412 e. The van der Waals surface area contributed by atoms with E-state index in [1.807, 2.05) is 6.92 Å². The molecule has 1 saturated heterocycles. The Morgan fingerprint density at radius 3 is 2.78 bits per heavy atom. The maximum atomic E-state index is 15.4. The molecule has 45 heavy (non-hydrogen) atoms. The molecule has 236 valence electrons. The van der Waals surface area contributed by atoms with Crippen LogP contribution < -0.4 is 16.0 Å². The van der Waals surface area contributed by atoms with E-state index in [9.17, 15) is 19.2 Å². The molecule has 3 aliphatic heterocycles. The van der Waals surface area contributed by atoms with E-state index in [-0.39, 0.29) is 41.1 Å². The van der Waals surface area contributed by atoms with E-state index in [0.29, 0.717) is 72.8 Å². The zero-order chi connectivity index (χ0) is 31.9. The quantitative estimate of drug-likeness (QED) is 0.267. The Morgan fingerprint density at radius 1 is 1.16 bits per heavy atom. The number of likely N-dealkylation sites (tertiary alicyclic amines) is 1. The van der Waals surface area contributed by atoms with Gasteiger partial charge >= 0.3 is 12.2 Å². The van der Waals surface area contributed by atoms with Crippen molar-refractivity contribution in [2.45, 2.75) is 57.0 Å². The third-order valence-electron chi connectivity index (χ3n) is 8.50. The Kier molecular flexibility index (Phi) is 8.12. The van der Waals surface area contributed by atoms with Gasteiger partial charge in [-0.25, -0.2) is 19.0 Å². The Morgan fingerprint density at radius 2 is 1.98 bits per heavy atom. The number of H-pyrrole nitrogens is 1. The molecular formula is C31H32ClFN6O6. The monoisotopic (exact) mass is 638 g/mol. The number of aromatic nitrogens is 2. The van der Waals surface area contributed by atoms with Gasteiger partial charge in [0.15, 0.2) is 11.4 Å². The first-order valence-corrected chi connectivity index (χ1v) is 15.1. The minimum atomic E-state index is -1.40. The Hall–Kier alpha value is -4.65. The first kappa shape index (κ1) is 30.4. The van der Waals surface area contributed by atoms with Gasteiger partial charge in [-0.15, -0.1) is 0 Å². The van der Waals surface area contributed by atoms with E-state index in [1.165, 1.54) is 19.2 Å². The molecule has 4 amide bonds. The number of hydrogen-bond acceptors (Lipinski definition) is 7. The van der Waals surface area contributed by atoms with Gasteiger partial charge in [0, 0.05) is 29.9 Å². The van der Waals surface area contributed by atoms with Crippen LogP contribution in [-0.4, -0.2) is 59.1 Å². The number of nitrogens with zero attached hydrogens (tertiary/aromatic N) is 2. The van der Waals surface area contributed by atoms with Gasteiger partial charge in [-0.1, -0.05) is 18.0 Å². The standard InChI is InChI=1S/C31H32ClFN6O6/c1-16-26-18-9-8-17(35-29(42)44-2)14-22(18)36-23(40)7-4-3-6-19(27(34-16)38-26)28(41)39-13-5-12-31(15-39)24-21(37-30(43)45-31)11-10-20(32)25(24)33/h8-11,14,19H,3-7,12-13,15H2,1-2H3,(H,34,38)(H,35,42)(H,36,40)(H,37,43)/t19-,31-/m0/s1. The third-order valence-corrected chi connectivity index (χ3v) is 8.79. The molecule has 4 heterocycles. The van der Waals surface area contributed by atoms with Gasteiger partial charge in [-0.3, -0.25) is 20.2 Å². The van der Waals surface area contributed by atoms with Crippen molar-refractivity contribution in [3.8, 4) is 11.3 Å². The summed E-state index contributed by atoms with van der Waals surface area (Å²) >= 11 is 6.13. The number of halogens is 2. The van der Waals surface area contributed by atoms with E-state index >= 15 is 4.39 Å². The average Bonchev–Trinajstić information content (AvgIpc) is 3.38. The number of piperidine rings is 1. The minimum absolute atomic E-state index is 0.0478. The molecule has 0 aliphatic carbocycles. The molecule has 12 nitrogen and oxygen atoms in total. The summed E-state index contributed by atoms with van der Waals surface area (Å²) in [5.74, 6) is -1.39. The Balaban J connectivity index is 1.35. The van der Waals surface area contributed by atoms with Crippen molar-refractivity contribution in [3.05, 3.63) is 58.3 Å². The summed E-state index contributed by atoms with van der Waals surface area (Å²) < 4.78 is 25.9. The molecule has 0 saturated carbocycles. The van der Waals surface area contributed by atoms with Crippen molar-refractivity contribution in [1.82, 2.24) is 14.9 Å². The summed E-state index contributed by atoms with van der Waals surface area (Å²) in [6, 6.07) is 7.93. The van der Waals surface area contributed by atoms with E-state index < -0.39 is 29.5 Å². The lowest BCUT2D eigenvalue weighted by Gasteiger charge is -2.45. The molecule has 0 radical (unpaired) electrons. The molecular weight excluding hydrogens is 607 g/mol. The van der Waals surface area contributed by atoms with E-state index in [2.05, 4.69) is 25.7 Å². The van der Waals surface area contributed by atoms with Crippen LogP contribution in [0.5, 0.6) is 0 Å². The highest BCUT2D eigenvalue weighted by Gasteiger charge is 2.49. The molecule has 1 fully saturated rings. The van der Waals surface area contributed by atoms with Crippen LogP contribution in [0.3, 0.4) is 0 Å². The largest absolute Gasteiger partial charge is 0.453 e. The summed E-state index contributed by atoms with van der Waals surface area (Å²) in [4.78, 5) is 61.3. The number of benzene rings is 2. The highest BCUT2D eigenvalue weighted by atomic mass is 35.5. The van der Waals surface area contributed by atoms with Crippen LogP contribution in [0.25, 0.3) is 11.3 Å². The number of fused-ring (bicyclic) bond motifs is 6. The number of aromatic amines is 1. The summed E-state index contributed by atoms with van der Waals surface area (Å²) in [6.45, 7) is 2.16. The number of nitrogens with one attached hydrogen (secondary N) is 4. The number of hydrogen-bond donors (Lipinski definition) is 4. The number of anilines is 3. The summed E-state index contributed by atoms with van der Waals surface area (Å²) in [6.07, 6.45) is 1.12. The fraction of sp³-hybridized carbons (Fsp3) is 0.387.